The van der Waals surface area contributed by atoms with Gasteiger partial charge in [-0.05, 0) is 35.7 Å². The summed E-state index contributed by atoms with van der Waals surface area (Å²) >= 11 is 11.2. The quantitative estimate of drug-likeness (QED) is 0.572. The molecule has 0 radical (unpaired) electrons. The summed E-state index contributed by atoms with van der Waals surface area (Å²) in [5, 5.41) is 38.0. The summed E-state index contributed by atoms with van der Waals surface area (Å²) in [6.45, 7) is 4.04. The molecule has 0 bridgehead atoms. The van der Waals surface area contributed by atoms with Gasteiger partial charge in [0.2, 0.25) is 5.75 Å². The molecule has 2 aromatic rings. The molecule has 0 aromatic heterocycles. The number of halogens is 2. The lowest BCUT2D eigenvalue weighted by Crippen LogP contribution is -1.90. The maximum Gasteiger partial charge on any atom is 0.313 e. The highest BCUT2D eigenvalue weighted by atomic mass is 35.5. The van der Waals surface area contributed by atoms with Crippen molar-refractivity contribution < 1.29 is 15.1 Å². The summed E-state index contributed by atoms with van der Waals surface area (Å²) in [6.07, 6.45) is 0. The number of nitro benzene ring substituents is 1. The Morgan fingerprint density at radius 3 is 2.25 bits per heavy atom. The van der Waals surface area contributed by atoms with E-state index in [1.54, 1.807) is 24.3 Å². The topological polar surface area (TPSA) is 107 Å². The van der Waals surface area contributed by atoms with Gasteiger partial charge in [-0.25, -0.2) is 0 Å². The number of nitrogens with zero attached hydrogens (tertiary/aromatic N) is 2. The van der Waals surface area contributed by atoms with Crippen molar-refractivity contribution in [1.29, 1.82) is 5.26 Å². The number of phenolic OH excluding ortho intramolecular Hbond substituents is 2. The largest absolute Gasteiger partial charge is 0.508 e. The van der Waals surface area contributed by atoms with Crippen molar-refractivity contribution in [1.82, 2.24) is 0 Å². The molecule has 6 nitrogen and oxygen atoms in total. The van der Waals surface area contributed by atoms with Crippen LogP contribution in [-0.4, -0.2) is 15.1 Å². The van der Waals surface area contributed by atoms with E-state index in [1.165, 1.54) is 0 Å². The van der Waals surface area contributed by atoms with Gasteiger partial charge in [0.1, 0.15) is 17.4 Å². The average Bonchev–Trinajstić information content (AvgIpc) is 2.51. The third-order valence-corrected chi connectivity index (χ3v) is 3.44. The first-order valence-electron chi connectivity index (χ1n) is 6.72. The molecule has 2 aromatic carbocycles. The molecule has 0 fully saturated rings. The maximum absolute atomic E-state index is 10.3. The van der Waals surface area contributed by atoms with Crippen molar-refractivity contribution in [3.05, 3.63) is 61.6 Å². The zero-order valence-electron chi connectivity index (χ0n) is 12.8. The summed E-state index contributed by atoms with van der Waals surface area (Å²) < 4.78 is 0. The summed E-state index contributed by atoms with van der Waals surface area (Å²) in [4.78, 5) is 9.52. The predicted molar refractivity (Wildman–Crippen MR) is 91.7 cm³/mol. The molecule has 0 aliphatic carbocycles. The van der Waals surface area contributed by atoms with Crippen LogP contribution in [0.3, 0.4) is 0 Å². The number of hydrogen-bond donors (Lipinski definition) is 2. The minimum absolute atomic E-state index is 0.0426. The van der Waals surface area contributed by atoms with E-state index in [9.17, 15) is 15.2 Å². The van der Waals surface area contributed by atoms with Gasteiger partial charge >= 0.3 is 5.69 Å². The number of benzene rings is 2. The summed E-state index contributed by atoms with van der Waals surface area (Å²) in [5.41, 5.74) is 0.126. The van der Waals surface area contributed by atoms with E-state index < -0.39 is 16.4 Å². The Kier molecular flexibility index (Phi) is 6.83. The third kappa shape index (κ3) is 5.01. The van der Waals surface area contributed by atoms with Gasteiger partial charge in [0.05, 0.1) is 4.92 Å². The predicted octanol–water partition coefficient (Wildman–Crippen LogP) is 4.99. The second-order valence-electron chi connectivity index (χ2n) is 5.05. The zero-order chi connectivity index (χ0) is 18.4. The second kappa shape index (κ2) is 8.39. The Labute approximate surface area is 148 Å². The molecule has 0 saturated carbocycles. The molecular formula is C16H14Cl2N2O4. The zero-order valence-corrected chi connectivity index (χ0v) is 14.3. The number of nitriles is 1. The lowest BCUT2D eigenvalue weighted by atomic mass is 10.0. The molecule has 0 aliphatic rings. The smallest absolute Gasteiger partial charge is 0.313 e. The number of hydrogen-bond acceptors (Lipinski definition) is 5. The van der Waals surface area contributed by atoms with E-state index >= 15 is 0 Å². The van der Waals surface area contributed by atoms with Gasteiger partial charge < -0.3 is 10.2 Å². The lowest BCUT2D eigenvalue weighted by Gasteiger charge is -2.07. The molecule has 8 heteroatoms. The molecule has 2 N–H and O–H groups in total. The summed E-state index contributed by atoms with van der Waals surface area (Å²) in [5.74, 6) is -0.0185. The van der Waals surface area contributed by atoms with Crippen molar-refractivity contribution in [2.24, 2.45) is 0 Å². The monoisotopic (exact) mass is 368 g/mol. The average molecular weight is 369 g/mol. The molecule has 0 aliphatic heterocycles. The highest BCUT2D eigenvalue weighted by molar-refractivity contribution is 6.31. The van der Waals surface area contributed by atoms with E-state index in [-0.39, 0.29) is 10.6 Å². The first kappa shape index (κ1) is 19.6. The third-order valence-electron chi connectivity index (χ3n) is 2.98. The molecule has 0 heterocycles. The number of nitro groups is 1. The number of rotatable bonds is 2. The lowest BCUT2D eigenvalue weighted by molar-refractivity contribution is -0.385. The van der Waals surface area contributed by atoms with Crippen molar-refractivity contribution in [2.45, 2.75) is 19.8 Å². The van der Waals surface area contributed by atoms with Crippen LogP contribution in [0.25, 0.3) is 0 Å². The first-order valence-corrected chi connectivity index (χ1v) is 7.48. The van der Waals surface area contributed by atoms with Crippen LogP contribution in [0.2, 0.25) is 10.0 Å². The Morgan fingerprint density at radius 2 is 1.79 bits per heavy atom. The van der Waals surface area contributed by atoms with Crippen molar-refractivity contribution in [3.63, 3.8) is 0 Å². The van der Waals surface area contributed by atoms with Crippen LogP contribution in [0.4, 0.5) is 5.69 Å². The van der Waals surface area contributed by atoms with Crippen LogP contribution < -0.4 is 0 Å². The van der Waals surface area contributed by atoms with Gasteiger partial charge in [-0.2, -0.15) is 5.26 Å². The van der Waals surface area contributed by atoms with E-state index in [1.807, 2.05) is 13.8 Å². The van der Waals surface area contributed by atoms with Gasteiger partial charge in [-0.15, -0.1) is 0 Å². The fourth-order valence-corrected chi connectivity index (χ4v) is 2.19. The van der Waals surface area contributed by atoms with Gasteiger partial charge in [0, 0.05) is 16.1 Å². The highest BCUT2D eigenvalue weighted by Gasteiger charge is 2.18. The summed E-state index contributed by atoms with van der Waals surface area (Å²) in [7, 11) is 0. The Bertz CT molecular complexity index is 801. The van der Waals surface area contributed by atoms with Gasteiger partial charge in [0.25, 0.3) is 0 Å². The van der Waals surface area contributed by atoms with Gasteiger partial charge in [-0.3, -0.25) is 10.1 Å². The van der Waals surface area contributed by atoms with E-state index in [2.05, 4.69) is 0 Å². The molecule has 0 saturated heterocycles. The fraction of sp³-hybridized carbons (Fsp3) is 0.188. The first-order chi connectivity index (χ1) is 11.2. The van der Waals surface area contributed by atoms with Crippen LogP contribution in [0, 0.1) is 21.4 Å². The molecule has 24 heavy (non-hydrogen) atoms. The van der Waals surface area contributed by atoms with E-state index in [0.717, 1.165) is 17.7 Å². The number of aromatic hydroxyl groups is 2. The van der Waals surface area contributed by atoms with Crippen molar-refractivity contribution in [3.8, 4) is 17.6 Å². The van der Waals surface area contributed by atoms with Crippen LogP contribution in [0.15, 0.2) is 30.3 Å². The van der Waals surface area contributed by atoms with Crippen LogP contribution in [0.1, 0.15) is 30.9 Å². The SMILES string of the molecule is CC(C)c1cc(Cl)ccc1O.N#Cc1cc(Cl)cc([N+](=O)[O-])c1O. The maximum atomic E-state index is 10.3. The molecule has 0 unspecified atom stereocenters. The molecule has 0 spiro atoms. The van der Waals surface area contributed by atoms with Gasteiger partial charge in [-0.1, -0.05) is 37.0 Å². The Balaban J connectivity index is 0.000000243. The summed E-state index contributed by atoms with van der Waals surface area (Å²) in [6, 6.07) is 8.83. The second-order valence-corrected chi connectivity index (χ2v) is 5.92. The number of phenols is 2. The van der Waals surface area contributed by atoms with Crippen molar-refractivity contribution in [2.75, 3.05) is 0 Å². The molecule has 0 amide bonds. The normalized spacial score (nSPS) is 9.83. The minimum Gasteiger partial charge on any atom is -0.508 e. The van der Waals surface area contributed by atoms with E-state index in [0.29, 0.717) is 16.7 Å². The molecule has 2 rings (SSSR count). The highest BCUT2D eigenvalue weighted by Crippen LogP contribution is 2.32. The molecule has 0 atom stereocenters. The van der Waals surface area contributed by atoms with Gasteiger partial charge in [0.15, 0.2) is 0 Å². The minimum atomic E-state index is -0.804. The van der Waals surface area contributed by atoms with Crippen LogP contribution in [-0.2, 0) is 0 Å². The molecular weight excluding hydrogens is 355 g/mol. The fourth-order valence-electron chi connectivity index (χ4n) is 1.80. The van der Waals surface area contributed by atoms with E-state index in [4.69, 9.17) is 33.6 Å². The molecule has 126 valence electrons. The van der Waals surface area contributed by atoms with Crippen LogP contribution in [0.5, 0.6) is 11.5 Å². The van der Waals surface area contributed by atoms with Crippen LogP contribution >= 0.6 is 23.2 Å². The Hall–Kier alpha value is -2.49. The Morgan fingerprint density at radius 1 is 1.17 bits per heavy atom. The standard InChI is InChI=1S/C9H11ClO.C7H3ClN2O3/c1-6(2)8-5-7(10)3-4-9(8)11;8-5-1-4(3-9)7(11)6(2-5)10(12)13/h3-6,11H,1-2H3;1-2,11H. The van der Waals surface area contributed by atoms with Crippen molar-refractivity contribution >= 4 is 28.9 Å².